The molecule has 0 spiro atoms. The van der Waals surface area contributed by atoms with Gasteiger partial charge in [0.1, 0.15) is 0 Å². The van der Waals surface area contributed by atoms with Gasteiger partial charge in [-0.2, -0.15) is 0 Å². The van der Waals surface area contributed by atoms with Crippen molar-refractivity contribution in [1.29, 1.82) is 0 Å². The summed E-state index contributed by atoms with van der Waals surface area (Å²) in [7, 11) is 0. The summed E-state index contributed by atoms with van der Waals surface area (Å²) in [6.45, 7) is 9.80. The molecule has 0 aliphatic carbocycles. The number of nitrogens with one attached hydrogen (secondary N) is 1. The Hall–Kier alpha value is -1.26. The topological polar surface area (TPSA) is 69.6 Å². The van der Waals surface area contributed by atoms with Gasteiger partial charge in [-0.3, -0.25) is 4.79 Å². The van der Waals surface area contributed by atoms with Gasteiger partial charge in [0, 0.05) is 25.0 Å². The maximum absolute atomic E-state index is 12.3. The molecule has 0 bridgehead atoms. The van der Waals surface area contributed by atoms with E-state index in [9.17, 15) is 9.59 Å². The number of likely N-dealkylation sites (tertiary alicyclic amines) is 1. The highest BCUT2D eigenvalue weighted by Crippen LogP contribution is 2.37. The van der Waals surface area contributed by atoms with E-state index < -0.39 is 11.5 Å². The Labute approximate surface area is 128 Å². The molecule has 21 heavy (non-hydrogen) atoms. The molecule has 5 nitrogen and oxygen atoms in total. The zero-order valence-corrected chi connectivity index (χ0v) is 13.9. The first-order valence-electron chi connectivity index (χ1n) is 8.02. The average Bonchev–Trinajstić information content (AvgIpc) is 2.45. The number of hydrogen-bond acceptors (Lipinski definition) is 2. The standard InChI is InChI=1S/C16H30N2O3/c1-5-16(6-2)9-11-18(12-10-16)14(21)17-15(3,4)8-7-13(19)20/h5-12H2,1-4H3,(H,17,21)(H,19,20). The van der Waals surface area contributed by atoms with E-state index in [1.807, 2.05) is 18.7 Å². The smallest absolute Gasteiger partial charge is 0.317 e. The number of carbonyl (C=O) groups is 2. The van der Waals surface area contributed by atoms with Gasteiger partial charge in [-0.15, -0.1) is 0 Å². The lowest BCUT2D eigenvalue weighted by molar-refractivity contribution is -0.137. The van der Waals surface area contributed by atoms with Crippen LogP contribution in [0.2, 0.25) is 0 Å². The van der Waals surface area contributed by atoms with Crippen molar-refractivity contribution in [3.8, 4) is 0 Å². The second kappa shape index (κ2) is 7.14. The second-order valence-corrected chi connectivity index (χ2v) is 6.90. The van der Waals surface area contributed by atoms with E-state index in [4.69, 9.17) is 5.11 Å². The molecule has 0 unspecified atom stereocenters. The summed E-state index contributed by atoms with van der Waals surface area (Å²) < 4.78 is 0. The van der Waals surface area contributed by atoms with Crippen LogP contribution in [0.3, 0.4) is 0 Å². The van der Waals surface area contributed by atoms with Crippen LogP contribution in [0.4, 0.5) is 4.79 Å². The van der Waals surface area contributed by atoms with Gasteiger partial charge in [-0.1, -0.05) is 26.7 Å². The van der Waals surface area contributed by atoms with Crippen molar-refractivity contribution in [2.45, 2.75) is 71.8 Å². The highest BCUT2D eigenvalue weighted by molar-refractivity contribution is 5.75. The third-order valence-electron chi connectivity index (χ3n) is 5.02. The summed E-state index contributed by atoms with van der Waals surface area (Å²) in [5.74, 6) is -0.828. The first kappa shape index (κ1) is 17.8. The Kier molecular flexibility index (Phi) is 6.05. The molecular formula is C16H30N2O3. The van der Waals surface area contributed by atoms with Gasteiger partial charge in [0.25, 0.3) is 0 Å². The molecule has 0 aromatic heterocycles. The molecule has 0 aromatic carbocycles. The minimum absolute atomic E-state index is 0.0637. The summed E-state index contributed by atoms with van der Waals surface area (Å²) in [4.78, 5) is 24.8. The van der Waals surface area contributed by atoms with Gasteiger partial charge in [-0.25, -0.2) is 4.79 Å². The first-order chi connectivity index (χ1) is 9.73. The normalized spacial score (nSPS) is 18.4. The molecule has 1 aliphatic heterocycles. The van der Waals surface area contributed by atoms with Crippen molar-refractivity contribution in [3.05, 3.63) is 0 Å². The number of piperidine rings is 1. The van der Waals surface area contributed by atoms with Crippen molar-refractivity contribution in [2.24, 2.45) is 5.41 Å². The SMILES string of the molecule is CCC1(CC)CCN(C(=O)NC(C)(C)CCC(=O)O)CC1. The Morgan fingerprint density at radius 1 is 1.19 bits per heavy atom. The summed E-state index contributed by atoms with van der Waals surface area (Å²) in [5.41, 5.74) is -0.0882. The van der Waals surface area contributed by atoms with Crippen molar-refractivity contribution in [3.63, 3.8) is 0 Å². The number of urea groups is 1. The van der Waals surface area contributed by atoms with Crippen LogP contribution < -0.4 is 5.32 Å². The first-order valence-corrected chi connectivity index (χ1v) is 8.02. The Morgan fingerprint density at radius 2 is 1.71 bits per heavy atom. The highest BCUT2D eigenvalue weighted by Gasteiger charge is 2.34. The number of aliphatic carboxylic acids is 1. The number of carboxylic acid groups (broad SMARTS) is 1. The molecule has 1 heterocycles. The summed E-state index contributed by atoms with van der Waals surface area (Å²) in [5, 5.41) is 11.7. The van der Waals surface area contributed by atoms with Gasteiger partial charge in [0.05, 0.1) is 0 Å². The van der Waals surface area contributed by atoms with E-state index >= 15 is 0 Å². The molecule has 1 rings (SSSR count). The van der Waals surface area contributed by atoms with E-state index in [-0.39, 0.29) is 12.5 Å². The van der Waals surface area contributed by atoms with Gasteiger partial charge >= 0.3 is 12.0 Å². The monoisotopic (exact) mass is 298 g/mol. The molecular weight excluding hydrogens is 268 g/mol. The zero-order valence-electron chi connectivity index (χ0n) is 13.9. The van der Waals surface area contributed by atoms with Crippen LogP contribution in [0.15, 0.2) is 0 Å². The van der Waals surface area contributed by atoms with E-state index in [0.29, 0.717) is 11.8 Å². The van der Waals surface area contributed by atoms with Crippen LogP contribution in [-0.2, 0) is 4.79 Å². The van der Waals surface area contributed by atoms with Crippen LogP contribution >= 0.6 is 0 Å². The van der Waals surface area contributed by atoms with Crippen molar-refractivity contribution in [1.82, 2.24) is 10.2 Å². The molecule has 1 fully saturated rings. The fraction of sp³-hybridized carbons (Fsp3) is 0.875. The Morgan fingerprint density at radius 3 is 2.14 bits per heavy atom. The van der Waals surface area contributed by atoms with E-state index in [2.05, 4.69) is 19.2 Å². The van der Waals surface area contributed by atoms with Gasteiger partial charge in [0.15, 0.2) is 0 Å². The molecule has 2 N–H and O–H groups in total. The lowest BCUT2D eigenvalue weighted by Gasteiger charge is -2.42. The third kappa shape index (κ3) is 5.21. The minimum Gasteiger partial charge on any atom is -0.481 e. The molecule has 0 radical (unpaired) electrons. The maximum Gasteiger partial charge on any atom is 0.317 e. The number of amides is 2. The average molecular weight is 298 g/mol. The fourth-order valence-electron chi connectivity index (χ4n) is 2.99. The molecule has 5 heteroatoms. The molecule has 0 saturated carbocycles. The number of hydrogen-bond donors (Lipinski definition) is 2. The number of rotatable bonds is 6. The van der Waals surface area contributed by atoms with Gasteiger partial charge in [0.2, 0.25) is 0 Å². The molecule has 0 atom stereocenters. The molecule has 122 valence electrons. The highest BCUT2D eigenvalue weighted by atomic mass is 16.4. The summed E-state index contributed by atoms with van der Waals surface area (Å²) >= 11 is 0. The minimum atomic E-state index is -0.828. The van der Waals surface area contributed by atoms with Crippen LogP contribution in [0, 0.1) is 5.41 Å². The van der Waals surface area contributed by atoms with Crippen molar-refractivity contribution >= 4 is 12.0 Å². The largest absolute Gasteiger partial charge is 0.481 e. The lowest BCUT2D eigenvalue weighted by Crippen LogP contribution is -2.53. The molecule has 1 saturated heterocycles. The van der Waals surface area contributed by atoms with Crippen LogP contribution in [0.5, 0.6) is 0 Å². The van der Waals surface area contributed by atoms with Gasteiger partial charge < -0.3 is 15.3 Å². The maximum atomic E-state index is 12.3. The van der Waals surface area contributed by atoms with Gasteiger partial charge in [-0.05, 0) is 38.5 Å². The van der Waals surface area contributed by atoms with E-state index in [1.54, 1.807) is 0 Å². The fourth-order valence-corrected chi connectivity index (χ4v) is 2.99. The predicted molar refractivity (Wildman–Crippen MR) is 83.3 cm³/mol. The number of carboxylic acids is 1. The second-order valence-electron chi connectivity index (χ2n) is 6.90. The summed E-state index contributed by atoms with van der Waals surface area (Å²) in [6, 6.07) is -0.0637. The molecule has 2 amide bonds. The molecule has 0 aromatic rings. The van der Waals surface area contributed by atoms with E-state index in [1.165, 1.54) is 12.8 Å². The predicted octanol–water partition coefficient (Wildman–Crippen LogP) is 3.24. The summed E-state index contributed by atoms with van der Waals surface area (Å²) in [6.07, 6.45) is 4.97. The quantitative estimate of drug-likeness (QED) is 0.791. The number of carbonyl (C=O) groups excluding carboxylic acids is 1. The Balaban J connectivity index is 2.48. The van der Waals surface area contributed by atoms with Crippen LogP contribution in [-0.4, -0.2) is 40.6 Å². The number of nitrogens with zero attached hydrogens (tertiary/aromatic N) is 1. The Bertz CT molecular complexity index is 366. The van der Waals surface area contributed by atoms with Crippen molar-refractivity contribution < 1.29 is 14.7 Å². The molecule has 1 aliphatic rings. The third-order valence-corrected chi connectivity index (χ3v) is 5.02. The van der Waals surface area contributed by atoms with E-state index in [0.717, 1.165) is 25.9 Å². The zero-order chi connectivity index (χ0) is 16.1. The van der Waals surface area contributed by atoms with Crippen LogP contribution in [0.25, 0.3) is 0 Å². The van der Waals surface area contributed by atoms with Crippen LogP contribution in [0.1, 0.15) is 66.2 Å². The lowest BCUT2D eigenvalue weighted by atomic mass is 9.74. The van der Waals surface area contributed by atoms with Crippen molar-refractivity contribution in [2.75, 3.05) is 13.1 Å².